The van der Waals surface area contributed by atoms with Crippen molar-refractivity contribution in [2.45, 2.75) is 26.2 Å². The van der Waals surface area contributed by atoms with E-state index in [0.717, 1.165) is 42.8 Å². The number of aromatic nitrogens is 3. The Morgan fingerprint density at radius 3 is 2.73 bits per heavy atom. The molecule has 0 amide bonds. The van der Waals surface area contributed by atoms with E-state index in [-0.39, 0.29) is 5.56 Å². The van der Waals surface area contributed by atoms with Crippen molar-refractivity contribution in [2.24, 2.45) is 0 Å². The molecule has 4 rings (SSSR count). The van der Waals surface area contributed by atoms with Gasteiger partial charge in [-0.3, -0.25) is 9.78 Å². The second-order valence-electron chi connectivity index (χ2n) is 6.42. The lowest BCUT2D eigenvalue weighted by Gasteiger charge is -2.27. The summed E-state index contributed by atoms with van der Waals surface area (Å²) in [5.74, 6) is 1.37. The Morgan fingerprint density at radius 2 is 1.92 bits per heavy atom. The van der Waals surface area contributed by atoms with E-state index in [1.54, 1.807) is 6.20 Å². The van der Waals surface area contributed by atoms with Crippen molar-refractivity contribution in [1.29, 1.82) is 0 Å². The van der Waals surface area contributed by atoms with Crippen molar-refractivity contribution in [3.8, 4) is 16.9 Å². The highest BCUT2D eigenvalue weighted by Gasteiger charge is 2.18. The van der Waals surface area contributed by atoms with Crippen molar-refractivity contribution in [3.05, 3.63) is 46.9 Å². The third kappa shape index (κ3) is 3.03. The lowest BCUT2D eigenvalue weighted by molar-refractivity contribution is 0.341. The lowest BCUT2D eigenvalue weighted by Crippen LogP contribution is -2.32. The van der Waals surface area contributed by atoms with Crippen LogP contribution in [0.5, 0.6) is 5.75 Å². The second kappa shape index (κ2) is 7.15. The fourth-order valence-electron chi connectivity index (χ4n) is 3.50. The molecule has 3 aromatic rings. The number of fused-ring (bicyclic) bond motifs is 1. The molecular weight excluding hydrogens is 328 g/mol. The molecule has 2 aromatic heterocycles. The molecule has 6 nitrogen and oxygen atoms in total. The van der Waals surface area contributed by atoms with Crippen molar-refractivity contribution in [2.75, 3.05) is 24.6 Å². The Balaban J connectivity index is 1.86. The molecule has 6 heteroatoms. The van der Waals surface area contributed by atoms with E-state index >= 15 is 0 Å². The van der Waals surface area contributed by atoms with Crippen LogP contribution < -0.4 is 15.2 Å². The van der Waals surface area contributed by atoms with Crippen molar-refractivity contribution < 1.29 is 4.74 Å². The van der Waals surface area contributed by atoms with Gasteiger partial charge in [0.05, 0.1) is 12.0 Å². The molecule has 1 aromatic carbocycles. The van der Waals surface area contributed by atoms with Gasteiger partial charge in [0.25, 0.3) is 5.56 Å². The Kier molecular flexibility index (Phi) is 4.56. The number of ether oxygens (including phenoxy) is 1. The SMILES string of the molecule is CCOc1ccccc1-c1ccnc2nc(N3CCCCC3)[nH]c(=O)c12. The lowest BCUT2D eigenvalue weighted by atomic mass is 10.0. The fourth-order valence-corrected chi connectivity index (χ4v) is 3.50. The zero-order valence-corrected chi connectivity index (χ0v) is 14.9. The van der Waals surface area contributed by atoms with Crippen LogP contribution in [0.4, 0.5) is 5.95 Å². The summed E-state index contributed by atoms with van der Waals surface area (Å²) in [4.78, 5) is 27.0. The number of anilines is 1. The summed E-state index contributed by atoms with van der Waals surface area (Å²) < 4.78 is 5.74. The van der Waals surface area contributed by atoms with Gasteiger partial charge in [0.2, 0.25) is 5.95 Å². The van der Waals surface area contributed by atoms with Crippen LogP contribution in [0.1, 0.15) is 26.2 Å². The highest BCUT2D eigenvalue weighted by Crippen LogP contribution is 2.33. The molecule has 1 saturated heterocycles. The number of pyridine rings is 1. The zero-order valence-electron chi connectivity index (χ0n) is 14.9. The number of H-pyrrole nitrogens is 1. The minimum atomic E-state index is -0.162. The van der Waals surface area contributed by atoms with Gasteiger partial charge in [0.15, 0.2) is 5.65 Å². The normalized spacial score (nSPS) is 14.6. The number of benzene rings is 1. The first kappa shape index (κ1) is 16.6. The van der Waals surface area contributed by atoms with Crippen LogP contribution in [0, 0.1) is 0 Å². The molecule has 26 heavy (non-hydrogen) atoms. The van der Waals surface area contributed by atoms with Gasteiger partial charge in [-0.05, 0) is 38.3 Å². The number of nitrogens with zero attached hydrogens (tertiary/aromatic N) is 3. The van der Waals surface area contributed by atoms with Crippen LogP contribution >= 0.6 is 0 Å². The van der Waals surface area contributed by atoms with E-state index in [1.807, 2.05) is 37.3 Å². The summed E-state index contributed by atoms with van der Waals surface area (Å²) in [7, 11) is 0. The Hall–Kier alpha value is -2.89. The second-order valence-corrected chi connectivity index (χ2v) is 6.42. The maximum atomic E-state index is 12.9. The highest BCUT2D eigenvalue weighted by atomic mass is 16.5. The van der Waals surface area contributed by atoms with Crippen molar-refractivity contribution in [3.63, 3.8) is 0 Å². The predicted octanol–water partition coefficient (Wildman–Crippen LogP) is 3.37. The number of aromatic amines is 1. The van der Waals surface area contributed by atoms with E-state index in [4.69, 9.17) is 4.74 Å². The Bertz CT molecular complexity index is 977. The zero-order chi connectivity index (χ0) is 17.9. The first-order valence-electron chi connectivity index (χ1n) is 9.14. The maximum absolute atomic E-state index is 12.9. The predicted molar refractivity (Wildman–Crippen MR) is 103 cm³/mol. The first-order chi connectivity index (χ1) is 12.8. The number of para-hydroxylation sites is 1. The van der Waals surface area contributed by atoms with E-state index in [0.29, 0.717) is 23.6 Å². The van der Waals surface area contributed by atoms with E-state index < -0.39 is 0 Å². The van der Waals surface area contributed by atoms with Gasteiger partial charge in [0, 0.05) is 30.4 Å². The Labute approximate surface area is 151 Å². The molecule has 1 aliphatic rings. The minimum Gasteiger partial charge on any atom is -0.493 e. The van der Waals surface area contributed by atoms with Crippen LogP contribution in [0.15, 0.2) is 41.3 Å². The van der Waals surface area contributed by atoms with Gasteiger partial charge in [-0.15, -0.1) is 0 Å². The molecule has 0 saturated carbocycles. The van der Waals surface area contributed by atoms with Crippen molar-refractivity contribution >= 4 is 17.0 Å². The molecule has 0 aliphatic carbocycles. The summed E-state index contributed by atoms with van der Waals surface area (Å²) in [6.07, 6.45) is 5.17. The average molecular weight is 350 g/mol. The largest absolute Gasteiger partial charge is 0.493 e. The molecule has 134 valence electrons. The summed E-state index contributed by atoms with van der Waals surface area (Å²) in [6, 6.07) is 9.58. The first-order valence-corrected chi connectivity index (χ1v) is 9.14. The molecule has 1 fully saturated rings. The maximum Gasteiger partial charge on any atom is 0.262 e. The van der Waals surface area contributed by atoms with Gasteiger partial charge >= 0.3 is 0 Å². The summed E-state index contributed by atoms with van der Waals surface area (Å²) in [5, 5.41) is 0.500. The molecule has 0 radical (unpaired) electrons. The summed E-state index contributed by atoms with van der Waals surface area (Å²) in [5.41, 5.74) is 1.97. The number of piperidine rings is 1. The topological polar surface area (TPSA) is 71.1 Å². The van der Waals surface area contributed by atoms with E-state index in [9.17, 15) is 4.79 Å². The third-order valence-corrected chi connectivity index (χ3v) is 4.73. The molecule has 0 spiro atoms. The number of hydrogen-bond donors (Lipinski definition) is 1. The molecule has 0 atom stereocenters. The molecule has 1 aliphatic heterocycles. The van der Waals surface area contributed by atoms with Gasteiger partial charge in [0.1, 0.15) is 5.75 Å². The molecule has 1 N–H and O–H groups in total. The van der Waals surface area contributed by atoms with Gasteiger partial charge in [-0.1, -0.05) is 18.2 Å². The highest BCUT2D eigenvalue weighted by molar-refractivity contribution is 5.93. The molecule has 0 unspecified atom stereocenters. The number of nitrogens with one attached hydrogen (secondary N) is 1. The molecule has 0 bridgehead atoms. The van der Waals surface area contributed by atoms with Crippen LogP contribution in [-0.2, 0) is 0 Å². The van der Waals surface area contributed by atoms with Gasteiger partial charge < -0.3 is 9.64 Å². The van der Waals surface area contributed by atoms with E-state index in [1.165, 1.54) is 6.42 Å². The average Bonchev–Trinajstić information content (AvgIpc) is 2.69. The van der Waals surface area contributed by atoms with Crippen LogP contribution in [-0.4, -0.2) is 34.6 Å². The third-order valence-electron chi connectivity index (χ3n) is 4.73. The standard InChI is InChI=1S/C20H22N4O2/c1-2-26-16-9-5-4-8-14(16)15-10-11-21-18-17(15)19(25)23-20(22-18)24-12-6-3-7-13-24/h4-5,8-11H,2-3,6-7,12-13H2,1H3,(H,21,22,23,25). The smallest absolute Gasteiger partial charge is 0.262 e. The molecule has 3 heterocycles. The fraction of sp³-hybridized carbons (Fsp3) is 0.350. The van der Waals surface area contributed by atoms with Crippen LogP contribution in [0.25, 0.3) is 22.2 Å². The monoisotopic (exact) mass is 350 g/mol. The number of hydrogen-bond acceptors (Lipinski definition) is 5. The minimum absolute atomic E-state index is 0.162. The summed E-state index contributed by atoms with van der Waals surface area (Å²) >= 11 is 0. The van der Waals surface area contributed by atoms with Gasteiger partial charge in [-0.2, -0.15) is 4.98 Å². The van der Waals surface area contributed by atoms with Crippen LogP contribution in [0.2, 0.25) is 0 Å². The quantitative estimate of drug-likeness (QED) is 0.781. The van der Waals surface area contributed by atoms with Gasteiger partial charge in [-0.25, -0.2) is 4.98 Å². The molecular formula is C20H22N4O2. The van der Waals surface area contributed by atoms with Crippen molar-refractivity contribution in [1.82, 2.24) is 15.0 Å². The summed E-state index contributed by atoms with van der Waals surface area (Å²) in [6.45, 7) is 4.34. The number of rotatable bonds is 4. The Morgan fingerprint density at radius 1 is 1.12 bits per heavy atom. The van der Waals surface area contributed by atoms with E-state index in [2.05, 4.69) is 19.9 Å². The van der Waals surface area contributed by atoms with Crippen LogP contribution in [0.3, 0.4) is 0 Å².